The molecule has 31 heavy (non-hydrogen) atoms. The molecule has 2 N–H and O–H groups in total. The number of H-pyrrole nitrogens is 1. The molecule has 2 aromatic heterocycles. The summed E-state index contributed by atoms with van der Waals surface area (Å²) in [6.07, 6.45) is 7.46. The fraction of sp³-hybridized carbons (Fsp3) is 0.455. The molecule has 0 spiro atoms. The predicted octanol–water partition coefficient (Wildman–Crippen LogP) is 3.08. The number of aromatic amines is 1. The Morgan fingerprint density at radius 3 is 2.35 bits per heavy atom. The molecule has 2 heterocycles. The summed E-state index contributed by atoms with van der Waals surface area (Å²) in [5.41, 5.74) is 3.08. The van der Waals surface area contributed by atoms with Crippen LogP contribution in [0.1, 0.15) is 47.7 Å². The average Bonchev–Trinajstić information content (AvgIpc) is 3.26. The van der Waals surface area contributed by atoms with Crippen molar-refractivity contribution in [3.63, 3.8) is 0 Å². The van der Waals surface area contributed by atoms with Gasteiger partial charge in [-0.3, -0.25) is 9.89 Å². The summed E-state index contributed by atoms with van der Waals surface area (Å²) in [7, 11) is 4.60. The van der Waals surface area contributed by atoms with Gasteiger partial charge in [0.2, 0.25) is 5.75 Å². The van der Waals surface area contributed by atoms with E-state index in [4.69, 9.17) is 14.2 Å². The number of amides is 1. The van der Waals surface area contributed by atoms with E-state index < -0.39 is 0 Å². The Morgan fingerprint density at radius 1 is 1.03 bits per heavy atom. The van der Waals surface area contributed by atoms with Crippen molar-refractivity contribution in [1.82, 2.24) is 25.5 Å². The van der Waals surface area contributed by atoms with Gasteiger partial charge in [-0.15, -0.1) is 0 Å². The van der Waals surface area contributed by atoms with E-state index in [9.17, 15) is 4.79 Å². The molecule has 1 aliphatic carbocycles. The molecule has 0 radical (unpaired) electrons. The number of hydrogen-bond acceptors (Lipinski definition) is 7. The Hall–Kier alpha value is -3.36. The number of carbonyl (C=O) groups is 1. The molecule has 1 fully saturated rings. The smallest absolute Gasteiger partial charge is 0.251 e. The highest BCUT2D eigenvalue weighted by Crippen LogP contribution is 2.39. The monoisotopic (exact) mass is 425 g/mol. The summed E-state index contributed by atoms with van der Waals surface area (Å²) in [5.74, 6) is 2.06. The zero-order valence-electron chi connectivity index (χ0n) is 18.0. The number of ether oxygens (including phenoxy) is 3. The highest BCUT2D eigenvalue weighted by atomic mass is 16.5. The second-order valence-corrected chi connectivity index (χ2v) is 7.71. The van der Waals surface area contributed by atoms with Gasteiger partial charge < -0.3 is 19.5 Å². The molecule has 0 unspecified atom stereocenters. The number of fused-ring (bicyclic) bond motifs is 1. The standard InChI is InChI=1S/C22H27N5O4/c1-29-16-10-15(11-17(30-2)20(16)31-3)22(28)25-12-13-4-6-14(7-5-13)18-19-21(27-26-18)24-9-8-23-19/h8-11,13-14H,4-7,12H2,1-3H3,(H,25,28)(H,24,26,27). The van der Waals surface area contributed by atoms with E-state index in [0.29, 0.717) is 46.8 Å². The fourth-order valence-electron chi connectivity index (χ4n) is 4.26. The van der Waals surface area contributed by atoms with Gasteiger partial charge in [-0.05, 0) is 43.7 Å². The van der Waals surface area contributed by atoms with Gasteiger partial charge in [0, 0.05) is 30.4 Å². The second-order valence-electron chi connectivity index (χ2n) is 7.71. The molecule has 1 aromatic carbocycles. The molecule has 164 valence electrons. The lowest BCUT2D eigenvalue weighted by molar-refractivity contribution is 0.0942. The third-order valence-electron chi connectivity index (χ3n) is 5.95. The third-order valence-corrected chi connectivity index (χ3v) is 5.95. The van der Waals surface area contributed by atoms with Gasteiger partial charge in [0.15, 0.2) is 17.1 Å². The molecule has 1 aliphatic rings. The largest absolute Gasteiger partial charge is 0.493 e. The van der Waals surface area contributed by atoms with Crippen molar-refractivity contribution in [3.8, 4) is 17.2 Å². The normalized spacial score (nSPS) is 18.5. The van der Waals surface area contributed by atoms with Crippen molar-refractivity contribution < 1.29 is 19.0 Å². The van der Waals surface area contributed by atoms with Crippen LogP contribution in [0.25, 0.3) is 11.2 Å². The van der Waals surface area contributed by atoms with Gasteiger partial charge in [-0.25, -0.2) is 9.97 Å². The van der Waals surface area contributed by atoms with Crippen LogP contribution in [0.3, 0.4) is 0 Å². The summed E-state index contributed by atoms with van der Waals surface area (Å²) in [6.45, 7) is 0.631. The average molecular weight is 425 g/mol. The molecule has 1 saturated carbocycles. The summed E-state index contributed by atoms with van der Waals surface area (Å²) in [4.78, 5) is 21.4. The maximum absolute atomic E-state index is 12.7. The van der Waals surface area contributed by atoms with Crippen LogP contribution in [0, 0.1) is 5.92 Å². The van der Waals surface area contributed by atoms with Crippen LogP contribution in [0.5, 0.6) is 17.2 Å². The molecule has 0 aliphatic heterocycles. The molecule has 0 bridgehead atoms. The molecule has 0 atom stereocenters. The minimum absolute atomic E-state index is 0.156. The Labute approximate surface area is 180 Å². The maximum atomic E-state index is 12.7. The number of rotatable bonds is 7. The quantitative estimate of drug-likeness (QED) is 0.598. The Bertz CT molecular complexity index is 1030. The molecule has 0 saturated heterocycles. The molecule has 4 rings (SSSR count). The maximum Gasteiger partial charge on any atom is 0.251 e. The van der Waals surface area contributed by atoms with E-state index in [1.165, 1.54) is 21.3 Å². The van der Waals surface area contributed by atoms with Gasteiger partial charge >= 0.3 is 0 Å². The van der Waals surface area contributed by atoms with Gasteiger partial charge in [-0.2, -0.15) is 5.10 Å². The van der Waals surface area contributed by atoms with Crippen molar-refractivity contribution in [2.75, 3.05) is 27.9 Å². The number of aromatic nitrogens is 4. The third kappa shape index (κ3) is 4.26. The number of nitrogens with zero attached hydrogens (tertiary/aromatic N) is 3. The van der Waals surface area contributed by atoms with E-state index in [1.807, 2.05) is 0 Å². The van der Waals surface area contributed by atoms with Gasteiger partial charge in [0.05, 0.1) is 27.0 Å². The van der Waals surface area contributed by atoms with Crippen molar-refractivity contribution in [3.05, 3.63) is 35.8 Å². The van der Waals surface area contributed by atoms with Crippen LogP contribution in [0.15, 0.2) is 24.5 Å². The summed E-state index contributed by atoms with van der Waals surface area (Å²) in [6, 6.07) is 3.33. The zero-order valence-corrected chi connectivity index (χ0v) is 18.0. The van der Waals surface area contributed by atoms with Crippen molar-refractivity contribution in [2.24, 2.45) is 5.92 Å². The minimum Gasteiger partial charge on any atom is -0.493 e. The van der Waals surface area contributed by atoms with Crippen LogP contribution in [-0.4, -0.2) is 53.9 Å². The Morgan fingerprint density at radius 2 is 1.71 bits per heavy atom. The van der Waals surface area contributed by atoms with Crippen molar-refractivity contribution in [2.45, 2.75) is 31.6 Å². The number of carbonyl (C=O) groups excluding carboxylic acids is 1. The number of hydrogen-bond donors (Lipinski definition) is 2. The van der Waals surface area contributed by atoms with Gasteiger partial charge in [-0.1, -0.05) is 0 Å². The first kappa shape index (κ1) is 20.9. The molecular formula is C22H27N5O4. The number of nitrogens with one attached hydrogen (secondary N) is 2. The molecular weight excluding hydrogens is 398 g/mol. The number of methoxy groups -OCH3 is 3. The predicted molar refractivity (Wildman–Crippen MR) is 115 cm³/mol. The van der Waals surface area contributed by atoms with Crippen LogP contribution in [0.4, 0.5) is 0 Å². The SMILES string of the molecule is COc1cc(C(=O)NCC2CCC(c3[nH]nc4nccnc34)CC2)cc(OC)c1OC. The van der Waals surface area contributed by atoms with Crippen molar-refractivity contribution >= 4 is 17.1 Å². The highest BCUT2D eigenvalue weighted by molar-refractivity contribution is 5.95. The second kappa shape index (κ2) is 9.20. The first-order valence-corrected chi connectivity index (χ1v) is 10.4. The molecule has 9 heteroatoms. The van der Waals surface area contributed by atoms with E-state index in [0.717, 1.165) is 36.9 Å². The Kier molecular flexibility index (Phi) is 6.20. The summed E-state index contributed by atoms with van der Waals surface area (Å²) >= 11 is 0. The van der Waals surface area contributed by atoms with Crippen LogP contribution in [0.2, 0.25) is 0 Å². The summed E-state index contributed by atoms with van der Waals surface area (Å²) < 4.78 is 16.0. The van der Waals surface area contributed by atoms with Crippen LogP contribution < -0.4 is 19.5 Å². The van der Waals surface area contributed by atoms with E-state index in [1.54, 1.807) is 24.5 Å². The minimum atomic E-state index is -0.156. The van der Waals surface area contributed by atoms with E-state index >= 15 is 0 Å². The zero-order chi connectivity index (χ0) is 21.8. The van der Waals surface area contributed by atoms with E-state index in [-0.39, 0.29) is 5.91 Å². The molecule has 9 nitrogen and oxygen atoms in total. The first-order chi connectivity index (χ1) is 15.1. The van der Waals surface area contributed by atoms with E-state index in [2.05, 4.69) is 25.5 Å². The number of benzene rings is 1. The lowest BCUT2D eigenvalue weighted by Crippen LogP contribution is -2.31. The first-order valence-electron chi connectivity index (χ1n) is 10.4. The van der Waals surface area contributed by atoms with Gasteiger partial charge in [0.25, 0.3) is 5.91 Å². The Balaban J connectivity index is 1.35. The lowest BCUT2D eigenvalue weighted by atomic mass is 9.80. The van der Waals surface area contributed by atoms with Crippen LogP contribution in [-0.2, 0) is 0 Å². The topological polar surface area (TPSA) is 111 Å². The molecule has 1 amide bonds. The fourth-order valence-corrected chi connectivity index (χ4v) is 4.26. The lowest BCUT2D eigenvalue weighted by Gasteiger charge is -2.28. The molecule has 3 aromatic rings. The van der Waals surface area contributed by atoms with Gasteiger partial charge in [0.1, 0.15) is 5.52 Å². The summed E-state index contributed by atoms with van der Waals surface area (Å²) in [5, 5.41) is 10.4. The van der Waals surface area contributed by atoms with Crippen molar-refractivity contribution in [1.29, 1.82) is 0 Å². The highest BCUT2D eigenvalue weighted by Gasteiger charge is 2.26. The van der Waals surface area contributed by atoms with Crippen LogP contribution >= 0.6 is 0 Å².